The number of para-hydroxylation sites is 1. The number of rotatable bonds is 9. The number of hydrogen-bond acceptors (Lipinski definition) is 4. The molecule has 25 heavy (non-hydrogen) atoms. The maximum absolute atomic E-state index is 12.5. The summed E-state index contributed by atoms with van der Waals surface area (Å²) in [6.07, 6.45) is 5.25. The van der Waals surface area contributed by atoms with Gasteiger partial charge in [0.15, 0.2) is 0 Å². The molecule has 1 heterocycles. The number of pyridine rings is 1. The van der Waals surface area contributed by atoms with Crippen LogP contribution in [0.4, 0.5) is 5.69 Å². The van der Waals surface area contributed by atoms with E-state index in [4.69, 9.17) is 0 Å². The predicted molar refractivity (Wildman–Crippen MR) is 100 cm³/mol. The van der Waals surface area contributed by atoms with Crippen molar-refractivity contribution in [2.75, 3.05) is 18.5 Å². The van der Waals surface area contributed by atoms with Crippen LogP contribution in [0.25, 0.3) is 0 Å². The highest BCUT2D eigenvalue weighted by atomic mass is 16.3. The van der Waals surface area contributed by atoms with Crippen LogP contribution in [-0.2, 0) is 6.54 Å². The van der Waals surface area contributed by atoms with E-state index in [0.717, 1.165) is 24.1 Å². The molecular weight excluding hydrogens is 314 g/mol. The van der Waals surface area contributed by atoms with Gasteiger partial charge in [0.1, 0.15) is 0 Å². The molecule has 0 unspecified atom stereocenters. The highest BCUT2D eigenvalue weighted by molar-refractivity contribution is 5.99. The molecule has 2 rings (SSSR count). The number of benzene rings is 1. The minimum absolute atomic E-state index is 0.0870. The van der Waals surface area contributed by atoms with Gasteiger partial charge in [-0.2, -0.15) is 0 Å². The Morgan fingerprint density at radius 3 is 2.72 bits per heavy atom. The molecule has 3 N–H and O–H groups in total. The first-order valence-corrected chi connectivity index (χ1v) is 8.63. The molecule has 0 aliphatic heterocycles. The van der Waals surface area contributed by atoms with Crippen LogP contribution >= 0.6 is 0 Å². The average Bonchev–Trinajstić information content (AvgIpc) is 2.64. The number of nitrogens with one attached hydrogen (secondary N) is 2. The molecule has 0 aliphatic rings. The summed E-state index contributed by atoms with van der Waals surface area (Å²) in [6, 6.07) is 11.4. The number of aliphatic hydroxyl groups is 1. The first-order chi connectivity index (χ1) is 12.0. The molecule has 0 fully saturated rings. The lowest BCUT2D eigenvalue weighted by Gasteiger charge is -2.21. The smallest absolute Gasteiger partial charge is 0.253 e. The Labute approximate surface area is 149 Å². The van der Waals surface area contributed by atoms with Crippen LogP contribution in [0, 0.1) is 5.41 Å². The van der Waals surface area contributed by atoms with Crippen molar-refractivity contribution < 1.29 is 9.90 Å². The van der Waals surface area contributed by atoms with Crippen LogP contribution in [0.5, 0.6) is 0 Å². The molecule has 2 aromatic rings. The zero-order valence-corrected chi connectivity index (χ0v) is 15.0. The van der Waals surface area contributed by atoms with Gasteiger partial charge in [-0.25, -0.2) is 0 Å². The van der Waals surface area contributed by atoms with Crippen LogP contribution in [0.3, 0.4) is 0 Å². The van der Waals surface area contributed by atoms with Crippen LogP contribution in [0.15, 0.2) is 48.8 Å². The monoisotopic (exact) mass is 341 g/mol. The molecule has 0 spiro atoms. The Morgan fingerprint density at radius 2 is 2.00 bits per heavy atom. The average molecular weight is 341 g/mol. The molecule has 1 aromatic carbocycles. The number of hydrogen-bond donors (Lipinski definition) is 3. The van der Waals surface area contributed by atoms with E-state index in [-0.39, 0.29) is 17.9 Å². The second-order valence-corrected chi connectivity index (χ2v) is 6.94. The fourth-order valence-electron chi connectivity index (χ4n) is 2.48. The number of carbonyl (C=O) groups excluding carboxylic acids is 1. The van der Waals surface area contributed by atoms with Crippen molar-refractivity contribution in [3.63, 3.8) is 0 Å². The lowest BCUT2D eigenvalue weighted by molar-refractivity contribution is 0.0949. The fourth-order valence-corrected chi connectivity index (χ4v) is 2.48. The SMILES string of the molecule is CC(C)(CO)CCCNC(=O)c1ccccc1NCc1cccnc1. The minimum atomic E-state index is -0.103. The lowest BCUT2D eigenvalue weighted by Crippen LogP contribution is -2.27. The summed E-state index contributed by atoms with van der Waals surface area (Å²) in [6.45, 7) is 5.41. The number of nitrogens with zero attached hydrogens (tertiary/aromatic N) is 1. The van der Waals surface area contributed by atoms with Crippen molar-refractivity contribution in [2.24, 2.45) is 5.41 Å². The Kier molecular flexibility index (Phi) is 6.95. The normalized spacial score (nSPS) is 11.2. The third-order valence-corrected chi connectivity index (χ3v) is 4.12. The van der Waals surface area contributed by atoms with Crippen LogP contribution in [0.1, 0.15) is 42.6 Å². The maximum Gasteiger partial charge on any atom is 0.253 e. The van der Waals surface area contributed by atoms with Gasteiger partial charge in [0.25, 0.3) is 5.91 Å². The third-order valence-electron chi connectivity index (χ3n) is 4.12. The highest BCUT2D eigenvalue weighted by Gasteiger charge is 2.16. The fraction of sp³-hybridized carbons (Fsp3) is 0.400. The van der Waals surface area contributed by atoms with Crippen molar-refractivity contribution >= 4 is 11.6 Å². The molecule has 1 amide bonds. The lowest BCUT2D eigenvalue weighted by atomic mass is 9.89. The summed E-state index contributed by atoms with van der Waals surface area (Å²) in [7, 11) is 0. The number of aromatic nitrogens is 1. The molecule has 0 radical (unpaired) electrons. The van der Waals surface area contributed by atoms with Gasteiger partial charge in [0.2, 0.25) is 0 Å². The second kappa shape index (κ2) is 9.18. The van der Waals surface area contributed by atoms with E-state index in [9.17, 15) is 9.90 Å². The Bertz CT molecular complexity index is 672. The number of anilines is 1. The van der Waals surface area contributed by atoms with Gasteiger partial charge >= 0.3 is 0 Å². The molecule has 0 saturated carbocycles. The van der Waals surface area contributed by atoms with Crippen LogP contribution in [0.2, 0.25) is 0 Å². The van der Waals surface area contributed by atoms with Crippen molar-refractivity contribution in [3.8, 4) is 0 Å². The molecule has 5 nitrogen and oxygen atoms in total. The molecule has 0 atom stereocenters. The molecule has 0 saturated heterocycles. The summed E-state index contributed by atoms with van der Waals surface area (Å²) in [4.78, 5) is 16.6. The first-order valence-electron chi connectivity index (χ1n) is 8.63. The van der Waals surface area contributed by atoms with Crippen molar-refractivity contribution in [3.05, 3.63) is 59.9 Å². The number of amides is 1. The Balaban J connectivity index is 1.89. The molecule has 0 bridgehead atoms. The van der Waals surface area contributed by atoms with E-state index < -0.39 is 0 Å². The van der Waals surface area contributed by atoms with Crippen LogP contribution < -0.4 is 10.6 Å². The van der Waals surface area contributed by atoms with E-state index in [1.54, 1.807) is 12.4 Å². The van der Waals surface area contributed by atoms with Crippen molar-refractivity contribution in [1.82, 2.24) is 10.3 Å². The zero-order valence-electron chi connectivity index (χ0n) is 15.0. The quantitative estimate of drug-likeness (QED) is 0.612. The van der Waals surface area contributed by atoms with Crippen molar-refractivity contribution in [1.29, 1.82) is 0 Å². The summed E-state index contributed by atoms with van der Waals surface area (Å²) >= 11 is 0. The van der Waals surface area contributed by atoms with Crippen LogP contribution in [-0.4, -0.2) is 29.1 Å². The Hall–Kier alpha value is -2.40. The molecule has 134 valence electrons. The number of aliphatic hydroxyl groups excluding tert-OH is 1. The summed E-state index contributed by atoms with van der Waals surface area (Å²) in [5.74, 6) is -0.0870. The van der Waals surface area contributed by atoms with Gasteiger partial charge in [-0.1, -0.05) is 32.0 Å². The second-order valence-electron chi connectivity index (χ2n) is 6.94. The first kappa shape index (κ1) is 18.9. The topological polar surface area (TPSA) is 74.2 Å². The molecular formula is C20H27N3O2. The summed E-state index contributed by atoms with van der Waals surface area (Å²) in [5.41, 5.74) is 2.39. The minimum Gasteiger partial charge on any atom is -0.396 e. The van der Waals surface area contributed by atoms with Gasteiger partial charge in [-0.15, -0.1) is 0 Å². The van der Waals surface area contributed by atoms with Crippen molar-refractivity contribution in [2.45, 2.75) is 33.2 Å². The molecule has 1 aromatic heterocycles. The molecule has 5 heteroatoms. The highest BCUT2D eigenvalue weighted by Crippen LogP contribution is 2.20. The summed E-state index contributed by atoms with van der Waals surface area (Å²) in [5, 5.41) is 15.5. The van der Waals surface area contributed by atoms with Gasteiger partial charge in [-0.05, 0) is 42.0 Å². The maximum atomic E-state index is 12.5. The van der Waals surface area contributed by atoms with E-state index in [1.807, 2.05) is 50.2 Å². The Morgan fingerprint density at radius 1 is 1.20 bits per heavy atom. The van der Waals surface area contributed by atoms with E-state index in [0.29, 0.717) is 18.7 Å². The van der Waals surface area contributed by atoms with Gasteiger partial charge in [0, 0.05) is 37.8 Å². The van der Waals surface area contributed by atoms with E-state index >= 15 is 0 Å². The predicted octanol–water partition coefficient (Wildman–Crippen LogP) is 3.22. The largest absolute Gasteiger partial charge is 0.396 e. The zero-order chi connectivity index (χ0) is 18.1. The van der Waals surface area contributed by atoms with Gasteiger partial charge < -0.3 is 15.7 Å². The number of carbonyl (C=O) groups is 1. The van der Waals surface area contributed by atoms with Gasteiger partial charge in [-0.3, -0.25) is 9.78 Å². The summed E-state index contributed by atoms with van der Waals surface area (Å²) < 4.78 is 0. The third kappa shape index (κ3) is 6.19. The van der Waals surface area contributed by atoms with E-state index in [2.05, 4.69) is 15.6 Å². The standard InChI is InChI=1S/C20H27N3O2/c1-20(2,15-24)10-6-12-22-19(25)17-8-3-4-9-18(17)23-14-16-7-5-11-21-13-16/h3-5,7-9,11,13,23-24H,6,10,12,14-15H2,1-2H3,(H,22,25). The molecule has 0 aliphatic carbocycles. The van der Waals surface area contributed by atoms with Gasteiger partial charge in [0.05, 0.1) is 5.56 Å². The van der Waals surface area contributed by atoms with E-state index in [1.165, 1.54) is 0 Å².